The van der Waals surface area contributed by atoms with Crippen LogP contribution in [0.25, 0.3) is 0 Å². The Hall–Kier alpha value is -1.18. The fraction of sp³-hybridized carbons (Fsp3) is 0.882. The highest BCUT2D eigenvalue weighted by Crippen LogP contribution is 2.22. The van der Waals surface area contributed by atoms with E-state index in [0.29, 0.717) is 25.1 Å². The van der Waals surface area contributed by atoms with Gasteiger partial charge in [-0.2, -0.15) is 0 Å². The molecule has 0 spiro atoms. The van der Waals surface area contributed by atoms with Crippen LogP contribution in [0.15, 0.2) is 0 Å². The number of carbonyl (C=O) groups is 2. The lowest BCUT2D eigenvalue weighted by Gasteiger charge is -2.39. The van der Waals surface area contributed by atoms with Gasteiger partial charge >= 0.3 is 0 Å². The van der Waals surface area contributed by atoms with Crippen molar-refractivity contribution in [3.63, 3.8) is 0 Å². The molecule has 0 radical (unpaired) electrons. The SMILES string of the molecule is COCC(C)NC(=O)CN1CC(C)C(N2CCN(C(C)=O)CC2)C1. The molecule has 7 heteroatoms. The maximum atomic E-state index is 12.1. The van der Waals surface area contributed by atoms with Gasteiger partial charge in [-0.1, -0.05) is 6.92 Å². The van der Waals surface area contributed by atoms with Gasteiger partial charge in [-0.25, -0.2) is 0 Å². The molecule has 7 nitrogen and oxygen atoms in total. The van der Waals surface area contributed by atoms with Crippen LogP contribution in [0.2, 0.25) is 0 Å². The Kier molecular flexibility index (Phi) is 7.01. The van der Waals surface area contributed by atoms with Crippen molar-refractivity contribution in [2.75, 3.05) is 59.5 Å². The molecule has 2 fully saturated rings. The van der Waals surface area contributed by atoms with Crippen LogP contribution in [-0.4, -0.2) is 98.1 Å². The highest BCUT2D eigenvalue weighted by molar-refractivity contribution is 5.78. The van der Waals surface area contributed by atoms with Crippen molar-refractivity contribution in [2.45, 2.75) is 32.9 Å². The molecule has 24 heavy (non-hydrogen) atoms. The van der Waals surface area contributed by atoms with Crippen LogP contribution < -0.4 is 5.32 Å². The Morgan fingerprint density at radius 3 is 2.46 bits per heavy atom. The second kappa shape index (κ2) is 8.78. The van der Waals surface area contributed by atoms with Gasteiger partial charge in [0.25, 0.3) is 0 Å². The van der Waals surface area contributed by atoms with Gasteiger partial charge in [0, 0.05) is 65.4 Å². The van der Waals surface area contributed by atoms with E-state index in [1.165, 1.54) is 0 Å². The first-order chi connectivity index (χ1) is 11.4. The van der Waals surface area contributed by atoms with Gasteiger partial charge in [-0.3, -0.25) is 19.4 Å². The van der Waals surface area contributed by atoms with Crippen LogP contribution in [-0.2, 0) is 14.3 Å². The summed E-state index contributed by atoms with van der Waals surface area (Å²) in [5.74, 6) is 0.768. The molecule has 0 aromatic heterocycles. The van der Waals surface area contributed by atoms with E-state index >= 15 is 0 Å². The second-order valence-electron chi connectivity index (χ2n) is 7.20. The van der Waals surface area contributed by atoms with Gasteiger partial charge in [-0.05, 0) is 12.8 Å². The highest BCUT2D eigenvalue weighted by Gasteiger charge is 2.36. The summed E-state index contributed by atoms with van der Waals surface area (Å²) in [5.41, 5.74) is 0. The fourth-order valence-electron chi connectivity index (χ4n) is 3.84. The molecule has 0 saturated carbocycles. The minimum Gasteiger partial charge on any atom is -0.383 e. The first kappa shape index (κ1) is 19.1. The summed E-state index contributed by atoms with van der Waals surface area (Å²) >= 11 is 0. The number of methoxy groups -OCH3 is 1. The maximum Gasteiger partial charge on any atom is 0.234 e. The summed E-state index contributed by atoms with van der Waals surface area (Å²) in [6.45, 7) is 12.2. The third kappa shape index (κ3) is 5.16. The van der Waals surface area contributed by atoms with Gasteiger partial charge in [0.15, 0.2) is 0 Å². The van der Waals surface area contributed by atoms with Crippen molar-refractivity contribution in [3.8, 4) is 0 Å². The minimum atomic E-state index is 0.0398. The Bertz CT molecular complexity index is 438. The maximum absolute atomic E-state index is 12.1. The largest absolute Gasteiger partial charge is 0.383 e. The lowest BCUT2D eigenvalue weighted by atomic mass is 10.0. The zero-order valence-corrected chi connectivity index (χ0v) is 15.5. The van der Waals surface area contributed by atoms with Crippen LogP contribution >= 0.6 is 0 Å². The molecule has 2 saturated heterocycles. The van der Waals surface area contributed by atoms with E-state index in [4.69, 9.17) is 4.74 Å². The number of amides is 2. The van der Waals surface area contributed by atoms with Gasteiger partial charge in [0.2, 0.25) is 11.8 Å². The molecule has 0 aliphatic carbocycles. The fourth-order valence-corrected chi connectivity index (χ4v) is 3.84. The topological polar surface area (TPSA) is 65.1 Å². The normalized spacial score (nSPS) is 27.2. The molecule has 2 aliphatic heterocycles. The molecule has 2 aliphatic rings. The third-order valence-electron chi connectivity index (χ3n) is 5.07. The number of rotatable bonds is 6. The molecule has 2 heterocycles. The van der Waals surface area contributed by atoms with Gasteiger partial charge in [0.05, 0.1) is 13.2 Å². The van der Waals surface area contributed by atoms with E-state index in [9.17, 15) is 9.59 Å². The van der Waals surface area contributed by atoms with Crippen LogP contribution in [0.3, 0.4) is 0 Å². The number of likely N-dealkylation sites (tertiary alicyclic amines) is 1. The van der Waals surface area contributed by atoms with E-state index in [1.54, 1.807) is 14.0 Å². The Morgan fingerprint density at radius 2 is 1.88 bits per heavy atom. The zero-order chi connectivity index (χ0) is 17.7. The van der Waals surface area contributed by atoms with Crippen molar-refractivity contribution in [1.82, 2.24) is 20.0 Å². The minimum absolute atomic E-state index is 0.0398. The lowest BCUT2D eigenvalue weighted by Crippen LogP contribution is -2.53. The van der Waals surface area contributed by atoms with E-state index in [2.05, 4.69) is 22.0 Å². The molecule has 0 aromatic carbocycles. The van der Waals surface area contributed by atoms with Crippen LogP contribution in [0, 0.1) is 5.92 Å². The lowest BCUT2D eigenvalue weighted by molar-refractivity contribution is -0.131. The molecule has 3 atom stereocenters. The summed E-state index contributed by atoms with van der Waals surface area (Å²) in [6, 6.07) is 0.515. The Morgan fingerprint density at radius 1 is 1.21 bits per heavy atom. The van der Waals surface area contributed by atoms with E-state index < -0.39 is 0 Å². The summed E-state index contributed by atoms with van der Waals surface area (Å²) in [7, 11) is 1.64. The Labute approximate surface area is 145 Å². The molecule has 3 unspecified atom stereocenters. The number of hydrogen-bond donors (Lipinski definition) is 1. The van der Waals surface area contributed by atoms with Gasteiger partial charge < -0.3 is 15.0 Å². The number of ether oxygens (including phenoxy) is 1. The molecular weight excluding hydrogens is 308 g/mol. The summed E-state index contributed by atoms with van der Waals surface area (Å²) < 4.78 is 5.05. The van der Waals surface area contributed by atoms with Gasteiger partial charge in [-0.15, -0.1) is 0 Å². The second-order valence-corrected chi connectivity index (χ2v) is 7.20. The van der Waals surface area contributed by atoms with E-state index in [1.807, 2.05) is 11.8 Å². The molecule has 2 rings (SSSR count). The quantitative estimate of drug-likeness (QED) is 0.714. The van der Waals surface area contributed by atoms with Gasteiger partial charge in [0.1, 0.15) is 0 Å². The van der Waals surface area contributed by atoms with Crippen LogP contribution in [0.5, 0.6) is 0 Å². The molecule has 2 amide bonds. The molecule has 138 valence electrons. The van der Waals surface area contributed by atoms with Crippen molar-refractivity contribution in [2.24, 2.45) is 5.92 Å². The first-order valence-electron chi connectivity index (χ1n) is 8.91. The highest BCUT2D eigenvalue weighted by atomic mass is 16.5. The molecule has 1 N–H and O–H groups in total. The first-order valence-corrected chi connectivity index (χ1v) is 8.91. The van der Waals surface area contributed by atoms with Crippen LogP contribution in [0.1, 0.15) is 20.8 Å². The Balaban J connectivity index is 1.78. The number of carbonyl (C=O) groups excluding carboxylic acids is 2. The smallest absolute Gasteiger partial charge is 0.234 e. The van der Waals surface area contributed by atoms with E-state index in [0.717, 1.165) is 39.3 Å². The van der Waals surface area contributed by atoms with Crippen molar-refractivity contribution >= 4 is 11.8 Å². The van der Waals surface area contributed by atoms with Crippen molar-refractivity contribution < 1.29 is 14.3 Å². The number of nitrogens with zero attached hydrogens (tertiary/aromatic N) is 3. The number of nitrogens with one attached hydrogen (secondary N) is 1. The summed E-state index contributed by atoms with van der Waals surface area (Å²) in [6.07, 6.45) is 0. The predicted molar refractivity (Wildman–Crippen MR) is 92.7 cm³/mol. The summed E-state index contributed by atoms with van der Waals surface area (Å²) in [4.78, 5) is 30.2. The average molecular weight is 340 g/mol. The number of piperazine rings is 1. The number of hydrogen-bond acceptors (Lipinski definition) is 5. The summed E-state index contributed by atoms with van der Waals surface area (Å²) in [5, 5.41) is 2.97. The third-order valence-corrected chi connectivity index (χ3v) is 5.07. The molecular formula is C17H32N4O3. The van der Waals surface area contributed by atoms with E-state index in [-0.39, 0.29) is 17.9 Å². The zero-order valence-electron chi connectivity index (χ0n) is 15.5. The monoisotopic (exact) mass is 340 g/mol. The predicted octanol–water partition coefficient (Wildman–Crippen LogP) is -0.378. The molecule has 0 bridgehead atoms. The van der Waals surface area contributed by atoms with Crippen LogP contribution in [0.4, 0.5) is 0 Å². The van der Waals surface area contributed by atoms with Crippen molar-refractivity contribution in [1.29, 1.82) is 0 Å². The average Bonchev–Trinajstić information content (AvgIpc) is 2.87. The standard InChI is InChI=1S/C17H32N4O3/c1-13-9-19(11-17(23)18-14(2)12-24-4)10-16(13)21-7-5-20(6-8-21)15(3)22/h13-14,16H,5-12H2,1-4H3,(H,18,23). The molecule has 0 aromatic rings. The van der Waals surface area contributed by atoms with Crippen molar-refractivity contribution in [3.05, 3.63) is 0 Å².